The molecule has 0 radical (unpaired) electrons. The van der Waals surface area contributed by atoms with Crippen LogP contribution in [0.4, 0.5) is 11.4 Å². The first kappa shape index (κ1) is 26.7. The van der Waals surface area contributed by atoms with Crippen molar-refractivity contribution in [3.63, 3.8) is 0 Å². The van der Waals surface area contributed by atoms with Crippen molar-refractivity contribution in [1.29, 1.82) is 0 Å². The maximum Gasteiger partial charge on any atom is 0.329 e. The minimum absolute atomic E-state index is 0.216. The van der Waals surface area contributed by atoms with Crippen molar-refractivity contribution in [2.45, 2.75) is 13.3 Å². The van der Waals surface area contributed by atoms with Crippen molar-refractivity contribution in [2.75, 3.05) is 23.8 Å². The number of ether oxygens (including phenoxy) is 2. The zero-order valence-corrected chi connectivity index (χ0v) is 20.4. The van der Waals surface area contributed by atoms with Gasteiger partial charge >= 0.3 is 11.8 Å². The van der Waals surface area contributed by atoms with Crippen LogP contribution in [-0.4, -0.2) is 37.1 Å². The lowest BCUT2D eigenvalue weighted by molar-refractivity contribution is -0.136. The summed E-state index contributed by atoms with van der Waals surface area (Å²) in [5, 5.41) is 9.08. The van der Waals surface area contributed by atoms with Crippen molar-refractivity contribution in [1.82, 2.24) is 5.43 Å². The Labute approximate surface area is 215 Å². The molecule has 3 aromatic carbocycles. The molecule has 0 aliphatic carbocycles. The number of carbonyl (C=O) groups is 3. The summed E-state index contributed by atoms with van der Waals surface area (Å²) in [6.45, 7) is 5.78. The second-order valence-electron chi connectivity index (χ2n) is 7.70. The van der Waals surface area contributed by atoms with Gasteiger partial charge in [-0.2, -0.15) is 5.10 Å². The fourth-order valence-corrected chi connectivity index (χ4v) is 3.07. The summed E-state index contributed by atoms with van der Waals surface area (Å²) in [6, 6.07) is 21.0. The van der Waals surface area contributed by atoms with Gasteiger partial charge in [0.05, 0.1) is 6.21 Å². The summed E-state index contributed by atoms with van der Waals surface area (Å²) in [6.07, 6.45) is 3.87. The van der Waals surface area contributed by atoms with Gasteiger partial charge in [0.1, 0.15) is 18.1 Å². The van der Waals surface area contributed by atoms with E-state index in [-0.39, 0.29) is 12.5 Å². The molecule has 0 aliphatic heterocycles. The first-order chi connectivity index (χ1) is 18.0. The van der Waals surface area contributed by atoms with Crippen molar-refractivity contribution in [2.24, 2.45) is 5.10 Å². The van der Waals surface area contributed by atoms with Crippen LogP contribution in [0.15, 0.2) is 90.6 Å². The number of carbonyl (C=O) groups excluding carboxylic acids is 3. The van der Waals surface area contributed by atoms with E-state index in [0.717, 1.165) is 6.42 Å². The number of aryl methyl sites for hydroxylation is 1. The predicted octanol–water partition coefficient (Wildman–Crippen LogP) is 3.92. The molecule has 3 amide bonds. The number of benzene rings is 3. The lowest BCUT2D eigenvalue weighted by Gasteiger charge is -2.10. The Balaban J connectivity index is 1.49. The highest BCUT2D eigenvalue weighted by Gasteiger charge is 2.13. The van der Waals surface area contributed by atoms with Gasteiger partial charge in [0.15, 0.2) is 6.61 Å². The number of para-hydroxylation sites is 1. The third-order valence-electron chi connectivity index (χ3n) is 4.98. The molecule has 0 bridgehead atoms. The molecule has 0 aliphatic rings. The van der Waals surface area contributed by atoms with Gasteiger partial charge in [0, 0.05) is 16.9 Å². The lowest BCUT2D eigenvalue weighted by atomic mass is 10.1. The summed E-state index contributed by atoms with van der Waals surface area (Å²) < 4.78 is 11.0. The van der Waals surface area contributed by atoms with Gasteiger partial charge in [-0.25, -0.2) is 5.43 Å². The van der Waals surface area contributed by atoms with Crippen LogP contribution >= 0.6 is 0 Å². The molecule has 9 nitrogen and oxygen atoms in total. The summed E-state index contributed by atoms with van der Waals surface area (Å²) in [5.41, 5.74) is 4.97. The van der Waals surface area contributed by atoms with Gasteiger partial charge in [-0.15, -0.1) is 0 Å². The molecule has 3 rings (SSSR count). The predicted molar refractivity (Wildman–Crippen MR) is 143 cm³/mol. The summed E-state index contributed by atoms with van der Waals surface area (Å²) in [5.74, 6) is -1.16. The number of hydrogen-bond donors (Lipinski definition) is 3. The Bertz CT molecular complexity index is 1250. The third-order valence-corrected chi connectivity index (χ3v) is 4.98. The van der Waals surface area contributed by atoms with Crippen molar-refractivity contribution in [3.05, 3.63) is 96.6 Å². The average molecular weight is 501 g/mol. The molecule has 0 atom stereocenters. The highest BCUT2D eigenvalue weighted by atomic mass is 16.5. The summed E-state index contributed by atoms with van der Waals surface area (Å²) in [7, 11) is 0. The zero-order chi connectivity index (χ0) is 26.5. The van der Waals surface area contributed by atoms with Crippen LogP contribution in [0.25, 0.3) is 0 Å². The number of amides is 3. The quantitative estimate of drug-likeness (QED) is 0.160. The van der Waals surface area contributed by atoms with E-state index < -0.39 is 11.8 Å². The number of hydrogen-bond acceptors (Lipinski definition) is 6. The third kappa shape index (κ3) is 8.66. The van der Waals surface area contributed by atoms with Gasteiger partial charge in [-0.3, -0.25) is 14.4 Å². The number of nitrogens with zero attached hydrogens (tertiary/aromatic N) is 1. The smallest absolute Gasteiger partial charge is 0.329 e. The molecule has 0 saturated carbocycles. The van der Waals surface area contributed by atoms with E-state index in [2.05, 4.69) is 34.7 Å². The topological polar surface area (TPSA) is 118 Å². The molecule has 0 aromatic heterocycles. The fraction of sp³-hybridized carbons (Fsp3) is 0.143. The highest BCUT2D eigenvalue weighted by Crippen LogP contribution is 2.17. The molecule has 3 aromatic rings. The van der Waals surface area contributed by atoms with Crippen molar-refractivity contribution >= 4 is 35.3 Å². The maximum absolute atomic E-state index is 12.3. The second-order valence-corrected chi connectivity index (χ2v) is 7.70. The van der Waals surface area contributed by atoms with E-state index in [1.165, 1.54) is 11.8 Å². The summed E-state index contributed by atoms with van der Waals surface area (Å²) >= 11 is 0. The second kappa shape index (κ2) is 13.8. The maximum atomic E-state index is 12.3. The Hall–Kier alpha value is -4.92. The Kier molecular flexibility index (Phi) is 9.98. The van der Waals surface area contributed by atoms with Gasteiger partial charge in [0.25, 0.3) is 5.91 Å². The number of rotatable bonds is 11. The van der Waals surface area contributed by atoms with Crippen LogP contribution < -0.4 is 25.5 Å². The molecule has 9 heteroatoms. The van der Waals surface area contributed by atoms with Crippen LogP contribution in [0, 0.1) is 0 Å². The largest absolute Gasteiger partial charge is 0.490 e. The lowest BCUT2D eigenvalue weighted by Crippen LogP contribution is -2.32. The molecule has 0 unspecified atom stereocenters. The molecule has 0 spiro atoms. The van der Waals surface area contributed by atoms with Gasteiger partial charge < -0.3 is 20.1 Å². The first-order valence-corrected chi connectivity index (χ1v) is 11.6. The van der Waals surface area contributed by atoms with Gasteiger partial charge in [0.2, 0.25) is 0 Å². The molecular weight excluding hydrogens is 472 g/mol. The molecule has 0 heterocycles. The molecule has 0 saturated heterocycles. The van der Waals surface area contributed by atoms with Gasteiger partial charge in [-0.05, 0) is 60.5 Å². The Morgan fingerprint density at radius 3 is 2.24 bits per heavy atom. The van der Waals surface area contributed by atoms with Crippen LogP contribution in [0.5, 0.6) is 11.5 Å². The van der Waals surface area contributed by atoms with Crippen LogP contribution in [0.2, 0.25) is 0 Å². The number of hydrazone groups is 1. The first-order valence-electron chi connectivity index (χ1n) is 11.6. The minimum Gasteiger partial charge on any atom is -0.490 e. The minimum atomic E-state index is -0.949. The van der Waals surface area contributed by atoms with E-state index in [0.29, 0.717) is 35.0 Å². The molecule has 3 N–H and O–H groups in total. The average Bonchev–Trinajstić information content (AvgIpc) is 2.92. The van der Waals surface area contributed by atoms with Crippen LogP contribution in [0.1, 0.15) is 18.1 Å². The van der Waals surface area contributed by atoms with Crippen molar-refractivity contribution < 1.29 is 23.9 Å². The van der Waals surface area contributed by atoms with E-state index in [1.54, 1.807) is 54.6 Å². The molecular formula is C28H28N4O5. The number of nitrogens with one attached hydrogen (secondary N) is 3. The molecule has 190 valence electrons. The Morgan fingerprint density at radius 2 is 1.54 bits per heavy atom. The van der Waals surface area contributed by atoms with Crippen molar-refractivity contribution in [3.8, 4) is 11.5 Å². The van der Waals surface area contributed by atoms with E-state index >= 15 is 0 Å². The van der Waals surface area contributed by atoms with E-state index in [4.69, 9.17) is 9.47 Å². The Morgan fingerprint density at radius 1 is 0.865 bits per heavy atom. The van der Waals surface area contributed by atoms with Crippen LogP contribution in [-0.2, 0) is 20.8 Å². The standard InChI is InChI=1S/C28H28N4O5/c1-3-17-36-24-15-13-23(14-16-24)31-27(34)28(35)32-29-18-21-7-5-6-8-25(21)37-19-26(33)30-22-11-9-20(4-2)10-12-22/h3,5-16,18H,1,4,17,19H2,2H3,(H,30,33)(H,31,34)(H,32,35)/b29-18-. The monoisotopic (exact) mass is 500 g/mol. The molecule has 37 heavy (non-hydrogen) atoms. The normalized spacial score (nSPS) is 10.4. The molecule has 0 fully saturated rings. The SMILES string of the molecule is C=CCOc1ccc(NC(=O)C(=O)N/N=C\c2ccccc2OCC(=O)Nc2ccc(CC)cc2)cc1. The summed E-state index contributed by atoms with van der Waals surface area (Å²) in [4.78, 5) is 36.5. The zero-order valence-electron chi connectivity index (χ0n) is 20.4. The van der Waals surface area contributed by atoms with Crippen LogP contribution in [0.3, 0.4) is 0 Å². The number of anilines is 2. The highest BCUT2D eigenvalue weighted by molar-refractivity contribution is 6.39. The van der Waals surface area contributed by atoms with E-state index in [9.17, 15) is 14.4 Å². The van der Waals surface area contributed by atoms with Gasteiger partial charge in [-0.1, -0.05) is 43.8 Å². The van der Waals surface area contributed by atoms with E-state index in [1.807, 2.05) is 24.3 Å². The fourth-order valence-electron chi connectivity index (χ4n) is 3.07.